The van der Waals surface area contributed by atoms with Gasteiger partial charge in [0.25, 0.3) is 0 Å². The normalized spacial score (nSPS) is 9.31. The van der Waals surface area contributed by atoms with Crippen LogP contribution < -0.4 is 5.32 Å². The maximum atomic E-state index is 9.44. The molecular formula is C6H13Cl2NO4. The highest BCUT2D eigenvalue weighted by Gasteiger charge is 2.05. The predicted molar refractivity (Wildman–Crippen MR) is 50.2 cm³/mol. The lowest BCUT2D eigenvalue weighted by atomic mass is 10.6. The minimum Gasteiger partial charge on any atom is -0.479 e. The molecule has 0 aliphatic heterocycles. The zero-order valence-electron chi connectivity index (χ0n) is 6.91. The zero-order valence-corrected chi connectivity index (χ0v) is 8.42. The van der Waals surface area contributed by atoms with Crippen LogP contribution in [0.15, 0.2) is 0 Å². The van der Waals surface area contributed by atoms with Crippen molar-refractivity contribution in [1.82, 2.24) is 5.32 Å². The molecule has 0 heterocycles. The lowest BCUT2D eigenvalue weighted by molar-refractivity contribution is -0.135. The largest absolute Gasteiger partial charge is 0.479 e. The third kappa shape index (κ3) is 18.7. The number of aliphatic hydroxyl groups is 2. The number of carboxylic acids is 1. The molecule has 0 saturated carbocycles. The van der Waals surface area contributed by atoms with Crippen molar-refractivity contribution in [3.63, 3.8) is 0 Å². The van der Waals surface area contributed by atoms with Crippen LogP contribution in [-0.4, -0.2) is 52.4 Å². The van der Waals surface area contributed by atoms with Crippen molar-refractivity contribution in [2.75, 3.05) is 26.3 Å². The molecule has 0 aliphatic carbocycles. The lowest BCUT2D eigenvalue weighted by Crippen LogP contribution is -2.21. The number of nitrogens with one attached hydrogen (secondary N) is 1. The van der Waals surface area contributed by atoms with Gasteiger partial charge in [-0.2, -0.15) is 0 Å². The molecular weight excluding hydrogens is 221 g/mol. The maximum absolute atomic E-state index is 9.44. The van der Waals surface area contributed by atoms with E-state index in [1.54, 1.807) is 0 Å². The molecule has 0 amide bonds. The van der Waals surface area contributed by atoms with E-state index in [-0.39, 0.29) is 13.2 Å². The number of rotatable bonds is 5. The van der Waals surface area contributed by atoms with Crippen LogP contribution in [0, 0.1) is 0 Å². The summed E-state index contributed by atoms with van der Waals surface area (Å²) < 4.78 is 0. The molecule has 0 bridgehead atoms. The Labute approximate surface area is 86.3 Å². The standard InChI is InChI=1S/C4H11NO2.C2H2Cl2O2/c6-3-1-5-2-4-7;3-1(4)2(5)6/h5-7H,1-4H2;1H,(H,5,6). The minimum atomic E-state index is -1.29. The van der Waals surface area contributed by atoms with Gasteiger partial charge < -0.3 is 20.6 Å². The molecule has 0 atom stereocenters. The summed E-state index contributed by atoms with van der Waals surface area (Å²) in [5, 5.41) is 26.8. The number of halogens is 2. The lowest BCUT2D eigenvalue weighted by Gasteiger charge is -1.94. The van der Waals surface area contributed by atoms with Crippen molar-refractivity contribution in [3.05, 3.63) is 0 Å². The number of alkyl halides is 2. The third-order valence-electron chi connectivity index (χ3n) is 0.764. The second kappa shape index (κ2) is 11.9. The van der Waals surface area contributed by atoms with Crippen LogP contribution in [0.4, 0.5) is 0 Å². The van der Waals surface area contributed by atoms with Crippen molar-refractivity contribution in [1.29, 1.82) is 0 Å². The van der Waals surface area contributed by atoms with Crippen LogP contribution in [0.2, 0.25) is 0 Å². The smallest absolute Gasteiger partial charge is 0.337 e. The molecule has 0 saturated heterocycles. The summed E-state index contributed by atoms with van der Waals surface area (Å²) in [6.07, 6.45) is 0. The summed E-state index contributed by atoms with van der Waals surface area (Å²) in [4.78, 5) is 8.15. The highest BCUT2D eigenvalue weighted by Crippen LogP contribution is 1.98. The molecule has 0 radical (unpaired) electrons. The molecule has 0 rings (SSSR count). The molecule has 4 N–H and O–H groups in total. The first kappa shape index (κ1) is 15.4. The highest BCUT2D eigenvalue weighted by molar-refractivity contribution is 6.52. The van der Waals surface area contributed by atoms with Gasteiger partial charge in [0.15, 0.2) is 0 Å². The Morgan fingerprint density at radius 3 is 1.69 bits per heavy atom. The van der Waals surface area contributed by atoms with Crippen LogP contribution in [0.5, 0.6) is 0 Å². The van der Waals surface area contributed by atoms with E-state index in [4.69, 9.17) is 38.5 Å². The van der Waals surface area contributed by atoms with Gasteiger partial charge in [0, 0.05) is 13.1 Å². The molecule has 0 spiro atoms. The summed E-state index contributed by atoms with van der Waals surface area (Å²) in [6, 6.07) is 0. The summed E-state index contributed by atoms with van der Waals surface area (Å²) in [6.45, 7) is 1.42. The Hall–Kier alpha value is -0.0700. The Balaban J connectivity index is 0. The average molecular weight is 234 g/mol. The molecule has 0 aliphatic rings. The Morgan fingerprint density at radius 2 is 1.54 bits per heavy atom. The zero-order chi connectivity index (χ0) is 10.7. The van der Waals surface area contributed by atoms with Crippen molar-refractivity contribution in [2.45, 2.75) is 4.84 Å². The van der Waals surface area contributed by atoms with Gasteiger partial charge in [0.2, 0.25) is 4.84 Å². The number of aliphatic carboxylic acids is 1. The quantitative estimate of drug-likeness (QED) is 0.378. The summed E-state index contributed by atoms with van der Waals surface area (Å²) in [5.74, 6) is -1.21. The minimum absolute atomic E-state index is 0.139. The van der Waals surface area contributed by atoms with Gasteiger partial charge in [0.05, 0.1) is 13.2 Å². The number of hydrogen-bond donors (Lipinski definition) is 4. The van der Waals surface area contributed by atoms with E-state index in [1.807, 2.05) is 0 Å². The van der Waals surface area contributed by atoms with E-state index in [2.05, 4.69) is 5.32 Å². The van der Waals surface area contributed by atoms with E-state index >= 15 is 0 Å². The van der Waals surface area contributed by atoms with E-state index in [0.717, 1.165) is 0 Å². The third-order valence-corrected chi connectivity index (χ3v) is 1.14. The van der Waals surface area contributed by atoms with Crippen LogP contribution >= 0.6 is 23.2 Å². The first-order valence-electron chi connectivity index (χ1n) is 3.49. The van der Waals surface area contributed by atoms with Gasteiger partial charge >= 0.3 is 5.97 Å². The first-order valence-corrected chi connectivity index (χ1v) is 4.37. The molecule has 5 nitrogen and oxygen atoms in total. The van der Waals surface area contributed by atoms with Crippen molar-refractivity contribution in [2.24, 2.45) is 0 Å². The van der Waals surface area contributed by atoms with E-state index in [1.165, 1.54) is 0 Å². The summed E-state index contributed by atoms with van der Waals surface area (Å²) >= 11 is 9.56. The van der Waals surface area contributed by atoms with Crippen LogP contribution in [0.25, 0.3) is 0 Å². The monoisotopic (exact) mass is 233 g/mol. The molecule has 13 heavy (non-hydrogen) atoms. The second-order valence-corrected chi connectivity index (χ2v) is 2.93. The summed E-state index contributed by atoms with van der Waals surface area (Å²) in [7, 11) is 0. The molecule has 7 heteroatoms. The number of hydrogen-bond acceptors (Lipinski definition) is 4. The van der Waals surface area contributed by atoms with Gasteiger partial charge in [-0.3, -0.25) is 0 Å². The Kier molecular flexibility index (Phi) is 14.1. The molecule has 80 valence electrons. The predicted octanol–water partition coefficient (Wildman–Crippen LogP) is -0.565. The van der Waals surface area contributed by atoms with Gasteiger partial charge in [-0.1, -0.05) is 23.2 Å². The molecule has 0 fully saturated rings. The van der Waals surface area contributed by atoms with Gasteiger partial charge in [-0.25, -0.2) is 4.79 Å². The van der Waals surface area contributed by atoms with Crippen molar-refractivity contribution >= 4 is 29.2 Å². The number of carboxylic acid groups (broad SMARTS) is 1. The Bertz CT molecular complexity index is 119. The average Bonchev–Trinajstić information content (AvgIpc) is 2.06. The van der Waals surface area contributed by atoms with Crippen LogP contribution in [0.3, 0.4) is 0 Å². The highest BCUT2D eigenvalue weighted by atomic mass is 35.5. The van der Waals surface area contributed by atoms with E-state index in [0.29, 0.717) is 13.1 Å². The van der Waals surface area contributed by atoms with E-state index < -0.39 is 10.8 Å². The van der Waals surface area contributed by atoms with Crippen LogP contribution in [-0.2, 0) is 4.79 Å². The van der Waals surface area contributed by atoms with Gasteiger partial charge in [-0.15, -0.1) is 0 Å². The fourth-order valence-electron chi connectivity index (χ4n) is 0.283. The summed E-state index contributed by atoms with van der Waals surface area (Å²) in [5.41, 5.74) is 0. The maximum Gasteiger partial charge on any atom is 0.337 e. The Morgan fingerprint density at radius 1 is 1.23 bits per heavy atom. The van der Waals surface area contributed by atoms with Gasteiger partial charge in [0.1, 0.15) is 0 Å². The first-order chi connectivity index (χ1) is 6.06. The number of aliphatic hydroxyl groups excluding tert-OH is 2. The molecule has 0 aromatic rings. The van der Waals surface area contributed by atoms with Crippen molar-refractivity contribution < 1.29 is 20.1 Å². The van der Waals surface area contributed by atoms with Gasteiger partial charge in [-0.05, 0) is 0 Å². The SMILES string of the molecule is O=C(O)C(Cl)Cl.OCCNCCO. The molecule has 0 unspecified atom stereocenters. The molecule has 0 aromatic carbocycles. The number of carbonyl (C=O) groups is 1. The molecule has 0 aromatic heterocycles. The fraction of sp³-hybridized carbons (Fsp3) is 0.833. The van der Waals surface area contributed by atoms with Crippen molar-refractivity contribution in [3.8, 4) is 0 Å². The topological polar surface area (TPSA) is 89.8 Å². The fourth-order valence-corrected chi connectivity index (χ4v) is 0.283. The second-order valence-electron chi connectivity index (χ2n) is 1.84. The van der Waals surface area contributed by atoms with E-state index in [9.17, 15) is 4.79 Å². The van der Waals surface area contributed by atoms with Crippen LogP contribution in [0.1, 0.15) is 0 Å².